The molecule has 1 fully saturated rings. The summed E-state index contributed by atoms with van der Waals surface area (Å²) in [6.45, 7) is 0.843. The zero-order valence-electron chi connectivity index (χ0n) is 10.6. The van der Waals surface area contributed by atoms with Gasteiger partial charge in [-0.2, -0.15) is 23.5 Å². The summed E-state index contributed by atoms with van der Waals surface area (Å²) in [6.07, 6.45) is 1.06. The average molecular weight is 281 g/mol. The average Bonchev–Trinajstić information content (AvgIpc) is 2.90. The van der Waals surface area contributed by atoms with E-state index in [1.807, 2.05) is 0 Å². The van der Waals surface area contributed by atoms with Crippen LogP contribution < -0.4 is 10.1 Å². The second-order valence-electron chi connectivity index (χ2n) is 4.68. The SMILES string of the molecule is CNC(c1cccc2c1OCC2)C1CSCCS1. The van der Waals surface area contributed by atoms with Crippen molar-refractivity contribution in [1.82, 2.24) is 5.32 Å². The molecule has 18 heavy (non-hydrogen) atoms. The molecule has 3 rings (SSSR count). The minimum Gasteiger partial charge on any atom is -0.493 e. The van der Waals surface area contributed by atoms with Crippen LogP contribution >= 0.6 is 23.5 Å². The van der Waals surface area contributed by atoms with Crippen molar-refractivity contribution in [3.05, 3.63) is 29.3 Å². The smallest absolute Gasteiger partial charge is 0.127 e. The molecule has 2 atom stereocenters. The van der Waals surface area contributed by atoms with Crippen molar-refractivity contribution >= 4 is 23.5 Å². The van der Waals surface area contributed by atoms with Crippen LogP contribution in [0.4, 0.5) is 0 Å². The van der Waals surface area contributed by atoms with Gasteiger partial charge in [-0.1, -0.05) is 18.2 Å². The molecular formula is C14H19NOS2. The number of thioether (sulfide) groups is 2. The van der Waals surface area contributed by atoms with Crippen LogP contribution in [0.1, 0.15) is 17.2 Å². The standard InChI is InChI=1S/C14H19NOS2/c1-15-13(12-9-17-7-8-18-12)11-4-2-3-10-5-6-16-14(10)11/h2-4,12-13,15H,5-9H2,1H3. The maximum absolute atomic E-state index is 5.85. The van der Waals surface area contributed by atoms with Crippen molar-refractivity contribution in [3.63, 3.8) is 0 Å². The summed E-state index contributed by atoms with van der Waals surface area (Å²) in [5.74, 6) is 4.94. The van der Waals surface area contributed by atoms with E-state index in [4.69, 9.17) is 4.74 Å². The summed E-state index contributed by atoms with van der Waals surface area (Å²) in [6, 6.07) is 7.01. The van der Waals surface area contributed by atoms with E-state index in [0.717, 1.165) is 18.8 Å². The number of benzene rings is 1. The van der Waals surface area contributed by atoms with E-state index in [9.17, 15) is 0 Å². The fourth-order valence-corrected chi connectivity index (χ4v) is 5.62. The zero-order valence-corrected chi connectivity index (χ0v) is 12.3. The van der Waals surface area contributed by atoms with Gasteiger partial charge in [0.2, 0.25) is 0 Å². The van der Waals surface area contributed by atoms with Crippen molar-refractivity contribution < 1.29 is 4.74 Å². The second kappa shape index (κ2) is 5.76. The third-order valence-corrected chi connectivity index (χ3v) is 6.47. The van der Waals surface area contributed by atoms with Gasteiger partial charge in [0.05, 0.1) is 6.61 Å². The van der Waals surface area contributed by atoms with Gasteiger partial charge in [-0.05, 0) is 12.6 Å². The largest absolute Gasteiger partial charge is 0.493 e. The fourth-order valence-electron chi connectivity index (χ4n) is 2.73. The number of rotatable bonds is 3. The molecule has 2 unspecified atom stereocenters. The summed E-state index contributed by atoms with van der Waals surface area (Å²) in [5, 5.41) is 4.16. The first kappa shape index (κ1) is 12.7. The van der Waals surface area contributed by atoms with Gasteiger partial charge in [0.15, 0.2) is 0 Å². The molecule has 1 N–H and O–H groups in total. The lowest BCUT2D eigenvalue weighted by atomic mass is 10.00. The minimum absolute atomic E-state index is 0.413. The van der Waals surface area contributed by atoms with E-state index in [1.165, 1.54) is 28.4 Å². The lowest BCUT2D eigenvalue weighted by Crippen LogP contribution is -2.31. The van der Waals surface area contributed by atoms with Crippen molar-refractivity contribution in [2.24, 2.45) is 0 Å². The highest BCUT2D eigenvalue weighted by molar-refractivity contribution is 8.06. The molecule has 2 aliphatic heterocycles. The van der Waals surface area contributed by atoms with Gasteiger partial charge in [0, 0.05) is 40.5 Å². The van der Waals surface area contributed by atoms with E-state index in [-0.39, 0.29) is 0 Å². The van der Waals surface area contributed by atoms with Crippen molar-refractivity contribution in [3.8, 4) is 5.75 Å². The van der Waals surface area contributed by atoms with Gasteiger partial charge in [0.25, 0.3) is 0 Å². The molecule has 1 saturated heterocycles. The Morgan fingerprint density at radius 1 is 1.39 bits per heavy atom. The Morgan fingerprint density at radius 2 is 2.33 bits per heavy atom. The van der Waals surface area contributed by atoms with E-state index in [2.05, 4.69) is 54.1 Å². The van der Waals surface area contributed by atoms with Crippen molar-refractivity contribution in [1.29, 1.82) is 0 Å². The summed E-state index contributed by atoms with van der Waals surface area (Å²) < 4.78 is 5.85. The van der Waals surface area contributed by atoms with E-state index in [1.54, 1.807) is 0 Å². The highest BCUT2D eigenvalue weighted by Crippen LogP contribution is 2.39. The number of ether oxygens (including phenoxy) is 1. The Hall–Kier alpha value is -0.320. The van der Waals surface area contributed by atoms with Crippen LogP contribution in [0.3, 0.4) is 0 Å². The number of hydrogen-bond donors (Lipinski definition) is 1. The molecule has 1 aromatic carbocycles. The molecule has 2 nitrogen and oxygen atoms in total. The van der Waals surface area contributed by atoms with Crippen LogP contribution in [-0.4, -0.2) is 36.2 Å². The van der Waals surface area contributed by atoms with E-state index >= 15 is 0 Å². The molecule has 0 radical (unpaired) electrons. The molecule has 1 aromatic rings. The molecule has 2 aliphatic rings. The highest BCUT2D eigenvalue weighted by atomic mass is 32.2. The Balaban J connectivity index is 1.89. The maximum atomic E-state index is 5.85. The van der Waals surface area contributed by atoms with Crippen LogP contribution in [0.15, 0.2) is 18.2 Å². The Bertz CT molecular complexity index is 418. The van der Waals surface area contributed by atoms with Crippen LogP contribution in [0.5, 0.6) is 5.75 Å². The van der Waals surface area contributed by atoms with Crippen LogP contribution in [0, 0.1) is 0 Å². The Labute approximate surface area is 117 Å². The first-order chi connectivity index (χ1) is 8.90. The molecular weight excluding hydrogens is 262 g/mol. The third-order valence-electron chi connectivity index (χ3n) is 3.60. The predicted molar refractivity (Wildman–Crippen MR) is 81.0 cm³/mol. The van der Waals surface area contributed by atoms with Gasteiger partial charge >= 0.3 is 0 Å². The number of nitrogens with one attached hydrogen (secondary N) is 1. The monoisotopic (exact) mass is 281 g/mol. The molecule has 0 amide bonds. The highest BCUT2D eigenvalue weighted by Gasteiger charge is 2.29. The number of para-hydroxylation sites is 1. The van der Waals surface area contributed by atoms with Crippen molar-refractivity contribution in [2.45, 2.75) is 17.7 Å². The quantitative estimate of drug-likeness (QED) is 0.919. The van der Waals surface area contributed by atoms with Gasteiger partial charge < -0.3 is 10.1 Å². The summed E-state index contributed by atoms with van der Waals surface area (Å²) >= 11 is 4.17. The minimum atomic E-state index is 0.413. The van der Waals surface area contributed by atoms with Gasteiger partial charge in [-0.3, -0.25) is 0 Å². The molecule has 0 bridgehead atoms. The summed E-state index contributed by atoms with van der Waals surface area (Å²) in [7, 11) is 2.07. The van der Waals surface area contributed by atoms with E-state index < -0.39 is 0 Å². The molecule has 2 heterocycles. The maximum Gasteiger partial charge on any atom is 0.127 e. The molecule has 0 spiro atoms. The number of fused-ring (bicyclic) bond motifs is 1. The van der Waals surface area contributed by atoms with Crippen LogP contribution in [0.2, 0.25) is 0 Å². The molecule has 4 heteroatoms. The summed E-state index contributed by atoms with van der Waals surface area (Å²) in [4.78, 5) is 0. The number of hydrogen-bond acceptors (Lipinski definition) is 4. The molecule has 0 aliphatic carbocycles. The zero-order chi connectivity index (χ0) is 12.4. The lowest BCUT2D eigenvalue weighted by molar-refractivity contribution is 0.349. The second-order valence-corrected chi connectivity index (χ2v) is 7.18. The molecule has 98 valence electrons. The summed E-state index contributed by atoms with van der Waals surface area (Å²) in [5.41, 5.74) is 2.73. The first-order valence-corrected chi connectivity index (χ1v) is 8.71. The normalized spacial score (nSPS) is 24.4. The molecule has 0 aromatic heterocycles. The fraction of sp³-hybridized carbons (Fsp3) is 0.571. The predicted octanol–water partition coefficient (Wildman–Crippen LogP) is 2.73. The van der Waals surface area contributed by atoms with Gasteiger partial charge in [-0.15, -0.1) is 0 Å². The lowest BCUT2D eigenvalue weighted by Gasteiger charge is -2.30. The van der Waals surface area contributed by atoms with Gasteiger partial charge in [0.1, 0.15) is 5.75 Å². The first-order valence-electron chi connectivity index (χ1n) is 6.51. The van der Waals surface area contributed by atoms with E-state index in [0.29, 0.717) is 11.3 Å². The Morgan fingerprint density at radius 3 is 3.11 bits per heavy atom. The van der Waals surface area contributed by atoms with Crippen LogP contribution in [-0.2, 0) is 6.42 Å². The Kier molecular flexibility index (Phi) is 4.07. The van der Waals surface area contributed by atoms with Crippen LogP contribution in [0.25, 0.3) is 0 Å². The third kappa shape index (κ3) is 2.38. The topological polar surface area (TPSA) is 21.3 Å². The van der Waals surface area contributed by atoms with Gasteiger partial charge in [-0.25, -0.2) is 0 Å². The molecule has 0 saturated carbocycles. The van der Waals surface area contributed by atoms with Crippen molar-refractivity contribution in [2.75, 3.05) is 30.9 Å².